The van der Waals surface area contributed by atoms with Crippen molar-refractivity contribution < 1.29 is 14.3 Å². The van der Waals surface area contributed by atoms with E-state index in [1.165, 1.54) is 22.3 Å². The molecule has 3 aliphatic rings. The molecule has 6 rings (SSSR count). The number of benzene rings is 3. The average Bonchev–Trinajstić information content (AvgIpc) is 3.73. The largest absolute Gasteiger partial charge is 0.448 e. The second-order valence-corrected chi connectivity index (χ2v) is 11.1. The Bertz CT molecular complexity index is 1310. The van der Waals surface area contributed by atoms with Gasteiger partial charge in [0.2, 0.25) is 5.91 Å². The summed E-state index contributed by atoms with van der Waals surface area (Å²) in [6.07, 6.45) is 2.12. The molecule has 1 heterocycles. The van der Waals surface area contributed by atoms with Crippen LogP contribution in [0.4, 0.5) is 4.79 Å². The average molecular weight is 530 g/mol. The minimum absolute atomic E-state index is 0.0109. The van der Waals surface area contributed by atoms with Crippen LogP contribution in [0.3, 0.4) is 0 Å². The fourth-order valence-electron chi connectivity index (χ4n) is 5.97. The van der Waals surface area contributed by atoms with Crippen molar-refractivity contribution in [2.45, 2.75) is 43.8 Å². The van der Waals surface area contributed by atoms with Gasteiger partial charge in [-0.2, -0.15) is 0 Å². The number of ether oxygens (including phenoxy) is 1. The maximum absolute atomic E-state index is 13.7. The molecule has 0 spiro atoms. The molecule has 2 fully saturated rings. The van der Waals surface area contributed by atoms with E-state index < -0.39 is 6.09 Å². The fraction of sp³-hybridized carbons (Fsp3) is 0.355. The molecule has 2 amide bonds. The van der Waals surface area contributed by atoms with Gasteiger partial charge in [-0.25, -0.2) is 4.79 Å². The number of carbonyl (C=O) groups excluding carboxylic acids is 2. The van der Waals surface area contributed by atoms with Crippen molar-refractivity contribution in [1.82, 2.24) is 9.80 Å². The van der Waals surface area contributed by atoms with E-state index in [-0.39, 0.29) is 36.4 Å². The second-order valence-electron chi connectivity index (χ2n) is 10.7. The van der Waals surface area contributed by atoms with Crippen LogP contribution in [0, 0.1) is 5.92 Å². The molecule has 1 saturated carbocycles. The predicted molar refractivity (Wildman–Crippen MR) is 148 cm³/mol. The Labute approximate surface area is 228 Å². The predicted octanol–water partition coefficient (Wildman–Crippen LogP) is 5.43. The quantitative estimate of drug-likeness (QED) is 0.462. The van der Waals surface area contributed by atoms with Crippen LogP contribution in [0.15, 0.2) is 72.8 Å². The standard InChI is InChI=1S/C31H32ClN3O3/c32-29-12-6-1-7-20(29)17-35(23-13-14-23)30(36)21-15-22(33)18-34(16-21)31(37)38-19-28-26-10-4-2-8-24(26)25-9-3-5-11-27(25)28/h1-12,21-23,28H,13-19,33H2. The molecule has 0 radical (unpaired) electrons. The molecular weight excluding hydrogens is 498 g/mol. The first-order valence-electron chi connectivity index (χ1n) is 13.4. The number of nitrogens with zero attached hydrogens (tertiary/aromatic N) is 2. The smallest absolute Gasteiger partial charge is 0.409 e. The number of nitrogens with two attached hydrogens (primary N) is 1. The van der Waals surface area contributed by atoms with Crippen LogP contribution >= 0.6 is 11.6 Å². The summed E-state index contributed by atoms with van der Waals surface area (Å²) in [5.41, 5.74) is 12.0. The van der Waals surface area contributed by atoms with Crippen LogP contribution in [0.2, 0.25) is 5.02 Å². The van der Waals surface area contributed by atoms with Crippen LogP contribution in [0.5, 0.6) is 0 Å². The molecule has 2 N–H and O–H groups in total. The zero-order chi connectivity index (χ0) is 26.2. The highest BCUT2D eigenvalue weighted by Crippen LogP contribution is 2.44. The first kappa shape index (κ1) is 25.0. The minimum Gasteiger partial charge on any atom is -0.448 e. The molecule has 6 nitrogen and oxygen atoms in total. The van der Waals surface area contributed by atoms with E-state index in [9.17, 15) is 9.59 Å². The highest BCUT2D eigenvalue weighted by Gasteiger charge is 2.40. The van der Waals surface area contributed by atoms with E-state index in [4.69, 9.17) is 22.1 Å². The van der Waals surface area contributed by atoms with E-state index in [0.29, 0.717) is 31.1 Å². The molecule has 7 heteroatoms. The Kier molecular flexibility index (Phi) is 6.85. The van der Waals surface area contributed by atoms with Gasteiger partial charge in [0.25, 0.3) is 0 Å². The van der Waals surface area contributed by atoms with Crippen LogP contribution in [-0.2, 0) is 16.1 Å². The number of fused-ring (bicyclic) bond motifs is 3. The number of likely N-dealkylation sites (tertiary alicyclic amines) is 1. The molecular formula is C31H32ClN3O3. The Morgan fingerprint density at radius 1 is 0.921 bits per heavy atom. The van der Waals surface area contributed by atoms with Gasteiger partial charge in [-0.1, -0.05) is 78.3 Å². The zero-order valence-corrected chi connectivity index (χ0v) is 22.0. The van der Waals surface area contributed by atoms with Crippen LogP contribution in [0.25, 0.3) is 11.1 Å². The van der Waals surface area contributed by atoms with Crippen molar-refractivity contribution in [3.63, 3.8) is 0 Å². The van der Waals surface area contributed by atoms with Crippen molar-refractivity contribution in [3.05, 3.63) is 94.5 Å². The lowest BCUT2D eigenvalue weighted by Gasteiger charge is -2.37. The lowest BCUT2D eigenvalue weighted by molar-refractivity contribution is -0.138. The fourth-order valence-corrected chi connectivity index (χ4v) is 6.16. The topological polar surface area (TPSA) is 75.9 Å². The number of hydrogen-bond donors (Lipinski definition) is 1. The van der Waals surface area contributed by atoms with Crippen molar-refractivity contribution in [3.8, 4) is 11.1 Å². The van der Waals surface area contributed by atoms with E-state index in [1.54, 1.807) is 4.90 Å². The molecule has 38 heavy (non-hydrogen) atoms. The van der Waals surface area contributed by atoms with Crippen molar-refractivity contribution in [2.24, 2.45) is 11.7 Å². The third-order valence-corrected chi connectivity index (χ3v) is 8.36. The highest BCUT2D eigenvalue weighted by molar-refractivity contribution is 6.31. The molecule has 1 saturated heterocycles. The van der Waals surface area contributed by atoms with Gasteiger partial charge in [0, 0.05) is 42.7 Å². The number of amides is 2. The number of piperidine rings is 1. The molecule has 196 valence electrons. The molecule has 3 aromatic rings. The second kappa shape index (κ2) is 10.4. The summed E-state index contributed by atoms with van der Waals surface area (Å²) in [4.78, 5) is 30.5. The number of carbonyl (C=O) groups is 2. The first-order chi connectivity index (χ1) is 18.5. The van der Waals surface area contributed by atoms with Crippen LogP contribution in [0.1, 0.15) is 41.9 Å². The minimum atomic E-state index is -0.413. The molecule has 2 atom stereocenters. The monoisotopic (exact) mass is 529 g/mol. The maximum Gasteiger partial charge on any atom is 0.409 e. The first-order valence-corrected chi connectivity index (χ1v) is 13.8. The third kappa shape index (κ3) is 4.91. The summed E-state index contributed by atoms with van der Waals surface area (Å²) in [6.45, 7) is 1.42. The number of hydrogen-bond acceptors (Lipinski definition) is 4. The van der Waals surface area contributed by atoms with Crippen molar-refractivity contribution in [2.75, 3.05) is 19.7 Å². The summed E-state index contributed by atoms with van der Waals surface area (Å²) < 4.78 is 5.88. The third-order valence-electron chi connectivity index (χ3n) is 8.00. The molecule has 3 aromatic carbocycles. The molecule has 0 aromatic heterocycles. The van der Waals surface area contributed by atoms with E-state index >= 15 is 0 Å². The van der Waals surface area contributed by atoms with Gasteiger partial charge >= 0.3 is 6.09 Å². The normalized spacial score (nSPS) is 20.5. The highest BCUT2D eigenvalue weighted by atomic mass is 35.5. The Morgan fingerprint density at radius 2 is 1.55 bits per heavy atom. The van der Waals surface area contributed by atoms with Gasteiger partial charge in [0.05, 0.1) is 5.92 Å². The lowest BCUT2D eigenvalue weighted by Crippen LogP contribution is -2.54. The van der Waals surface area contributed by atoms with Gasteiger partial charge in [0.15, 0.2) is 0 Å². The molecule has 1 aliphatic heterocycles. The number of rotatable bonds is 6. The van der Waals surface area contributed by atoms with Gasteiger partial charge in [-0.3, -0.25) is 4.79 Å². The van der Waals surface area contributed by atoms with Crippen molar-refractivity contribution in [1.29, 1.82) is 0 Å². The van der Waals surface area contributed by atoms with Crippen molar-refractivity contribution >= 4 is 23.6 Å². The summed E-state index contributed by atoms with van der Waals surface area (Å²) in [5, 5.41) is 0.659. The summed E-state index contributed by atoms with van der Waals surface area (Å²) in [7, 11) is 0. The summed E-state index contributed by atoms with van der Waals surface area (Å²) in [5.74, 6) is -0.329. The van der Waals surface area contributed by atoms with E-state index in [0.717, 1.165) is 18.4 Å². The Balaban J connectivity index is 1.13. The molecule has 2 aliphatic carbocycles. The zero-order valence-electron chi connectivity index (χ0n) is 21.3. The van der Waals surface area contributed by atoms with E-state index in [1.807, 2.05) is 53.4 Å². The van der Waals surface area contributed by atoms with Gasteiger partial charge in [-0.05, 0) is 53.1 Å². The maximum atomic E-state index is 13.7. The Morgan fingerprint density at radius 3 is 2.21 bits per heavy atom. The van der Waals surface area contributed by atoms with Gasteiger partial charge in [-0.15, -0.1) is 0 Å². The Hall–Kier alpha value is -3.35. The van der Waals surface area contributed by atoms with Gasteiger partial charge in [0.1, 0.15) is 6.61 Å². The molecule has 2 unspecified atom stereocenters. The van der Waals surface area contributed by atoms with Crippen LogP contribution < -0.4 is 5.73 Å². The summed E-state index contributed by atoms with van der Waals surface area (Å²) >= 11 is 6.40. The SMILES string of the molecule is NC1CC(C(=O)N(Cc2ccccc2Cl)C2CC2)CN(C(=O)OCC2c3ccccc3-c3ccccc32)C1. The lowest BCUT2D eigenvalue weighted by atomic mass is 9.93. The van der Waals surface area contributed by atoms with Gasteiger partial charge < -0.3 is 20.3 Å². The summed E-state index contributed by atoms with van der Waals surface area (Å²) in [6, 6.07) is 24.1. The number of halogens is 1. The van der Waals surface area contributed by atoms with Crippen LogP contribution in [-0.4, -0.2) is 53.6 Å². The molecule has 0 bridgehead atoms. The van der Waals surface area contributed by atoms with E-state index in [2.05, 4.69) is 24.3 Å².